The summed E-state index contributed by atoms with van der Waals surface area (Å²) in [5.74, 6) is 0.507. The Morgan fingerprint density at radius 3 is 2.71 bits per heavy atom. The van der Waals surface area contributed by atoms with Gasteiger partial charge < -0.3 is 20.2 Å². The molecule has 1 aliphatic rings. The molecule has 6 heteroatoms. The maximum atomic E-state index is 12.8. The van der Waals surface area contributed by atoms with Crippen LogP contribution in [-0.2, 0) is 9.53 Å². The second kappa shape index (κ2) is 6.75. The zero-order valence-electron chi connectivity index (χ0n) is 14.1. The van der Waals surface area contributed by atoms with Crippen molar-refractivity contribution in [2.75, 3.05) is 25.1 Å². The van der Waals surface area contributed by atoms with Crippen molar-refractivity contribution >= 4 is 11.6 Å². The number of benzene rings is 1. The van der Waals surface area contributed by atoms with E-state index < -0.39 is 5.41 Å². The molecule has 128 valence electrons. The summed E-state index contributed by atoms with van der Waals surface area (Å²) < 4.78 is 10.9. The van der Waals surface area contributed by atoms with Gasteiger partial charge in [-0.15, -0.1) is 0 Å². The van der Waals surface area contributed by atoms with Crippen molar-refractivity contribution in [3.05, 3.63) is 35.7 Å². The second-order valence-corrected chi connectivity index (χ2v) is 6.37. The van der Waals surface area contributed by atoms with Crippen molar-refractivity contribution in [2.24, 2.45) is 11.1 Å². The number of hydrogen-bond donors (Lipinski definition) is 2. The van der Waals surface area contributed by atoms with Gasteiger partial charge in [0.15, 0.2) is 0 Å². The molecule has 0 bridgehead atoms. The molecular weight excluding hydrogens is 306 g/mol. The predicted octanol–water partition coefficient (Wildman–Crippen LogP) is 2.65. The first-order chi connectivity index (χ1) is 11.5. The molecule has 3 rings (SSSR count). The maximum absolute atomic E-state index is 12.8. The zero-order valence-corrected chi connectivity index (χ0v) is 14.1. The molecule has 0 aliphatic carbocycles. The Bertz CT molecular complexity index is 733. The average Bonchev–Trinajstić information content (AvgIpc) is 3.03. The Hall–Kier alpha value is -2.18. The van der Waals surface area contributed by atoms with Gasteiger partial charge in [0.05, 0.1) is 11.1 Å². The zero-order chi connectivity index (χ0) is 17.2. The number of nitrogens with zero attached hydrogens (tertiary/aromatic N) is 1. The molecule has 1 aromatic heterocycles. The van der Waals surface area contributed by atoms with Crippen LogP contribution in [0.5, 0.6) is 0 Å². The number of ether oxygens (including phenoxy) is 1. The van der Waals surface area contributed by atoms with Crippen LogP contribution in [-0.4, -0.2) is 30.6 Å². The first-order valence-electron chi connectivity index (χ1n) is 8.16. The van der Waals surface area contributed by atoms with Gasteiger partial charge in [-0.05, 0) is 44.4 Å². The Morgan fingerprint density at radius 2 is 2.08 bits per heavy atom. The van der Waals surface area contributed by atoms with Crippen LogP contribution in [0.3, 0.4) is 0 Å². The summed E-state index contributed by atoms with van der Waals surface area (Å²) in [6.45, 7) is 5.32. The molecule has 24 heavy (non-hydrogen) atoms. The predicted molar refractivity (Wildman–Crippen MR) is 91.6 cm³/mol. The van der Waals surface area contributed by atoms with Gasteiger partial charge >= 0.3 is 0 Å². The molecule has 1 amide bonds. The minimum absolute atomic E-state index is 0.0494. The molecule has 0 saturated carbocycles. The van der Waals surface area contributed by atoms with E-state index in [2.05, 4.69) is 10.3 Å². The lowest BCUT2D eigenvalue weighted by Crippen LogP contribution is -2.46. The molecule has 0 radical (unpaired) electrons. The third kappa shape index (κ3) is 3.20. The Balaban J connectivity index is 1.84. The summed E-state index contributed by atoms with van der Waals surface area (Å²) >= 11 is 0. The monoisotopic (exact) mass is 329 g/mol. The summed E-state index contributed by atoms with van der Waals surface area (Å²) in [5.41, 5.74) is 8.79. The molecule has 1 aromatic carbocycles. The molecule has 3 N–H and O–H groups in total. The highest BCUT2D eigenvalue weighted by molar-refractivity contribution is 5.96. The van der Waals surface area contributed by atoms with Gasteiger partial charge in [-0.2, -0.15) is 0 Å². The van der Waals surface area contributed by atoms with Crippen molar-refractivity contribution < 1.29 is 13.9 Å². The number of carbonyl (C=O) groups is 1. The molecule has 0 spiro atoms. The molecular formula is C18H23N3O3. The van der Waals surface area contributed by atoms with E-state index in [1.54, 1.807) is 6.26 Å². The first kappa shape index (κ1) is 16.7. The average molecular weight is 329 g/mol. The minimum Gasteiger partial charge on any atom is -0.444 e. The largest absolute Gasteiger partial charge is 0.444 e. The summed E-state index contributed by atoms with van der Waals surface area (Å²) in [7, 11) is 0. The summed E-state index contributed by atoms with van der Waals surface area (Å²) in [5, 5.41) is 3.00. The van der Waals surface area contributed by atoms with E-state index in [1.807, 2.05) is 32.0 Å². The number of carbonyl (C=O) groups excluding carboxylic acids is 1. The number of amides is 1. The first-order valence-corrected chi connectivity index (χ1v) is 8.16. The molecule has 1 aliphatic heterocycles. The van der Waals surface area contributed by atoms with Gasteiger partial charge in [0.2, 0.25) is 11.8 Å². The lowest BCUT2D eigenvalue weighted by molar-refractivity contribution is -0.130. The highest BCUT2D eigenvalue weighted by Crippen LogP contribution is 2.32. The molecule has 1 saturated heterocycles. The normalized spacial score (nSPS) is 16.8. The fraction of sp³-hybridized carbons (Fsp3) is 0.444. The van der Waals surface area contributed by atoms with Crippen LogP contribution >= 0.6 is 0 Å². The lowest BCUT2D eigenvalue weighted by atomic mass is 9.79. The van der Waals surface area contributed by atoms with E-state index in [9.17, 15) is 4.79 Å². The second-order valence-electron chi connectivity index (χ2n) is 6.37. The lowest BCUT2D eigenvalue weighted by Gasteiger charge is -2.34. The molecule has 2 aromatic rings. The maximum Gasteiger partial charge on any atom is 0.232 e. The van der Waals surface area contributed by atoms with E-state index in [-0.39, 0.29) is 5.91 Å². The minimum atomic E-state index is -0.553. The summed E-state index contributed by atoms with van der Waals surface area (Å²) in [4.78, 5) is 17.1. The molecule has 0 unspecified atom stereocenters. The third-order valence-electron chi connectivity index (χ3n) is 4.67. The SMILES string of the molecule is Cc1coc(-c2cc(NC(=O)C3(CN)CCOCC3)ccc2C)n1. The highest BCUT2D eigenvalue weighted by Gasteiger charge is 2.38. The molecule has 0 atom stereocenters. The van der Waals surface area contributed by atoms with Crippen LogP contribution in [0.2, 0.25) is 0 Å². The number of nitrogens with one attached hydrogen (secondary N) is 1. The number of aryl methyl sites for hydroxylation is 2. The van der Waals surface area contributed by atoms with Gasteiger partial charge in [0.25, 0.3) is 0 Å². The van der Waals surface area contributed by atoms with Gasteiger partial charge in [-0.1, -0.05) is 6.07 Å². The van der Waals surface area contributed by atoms with Crippen molar-refractivity contribution in [3.8, 4) is 11.5 Å². The quantitative estimate of drug-likeness (QED) is 0.900. The number of hydrogen-bond acceptors (Lipinski definition) is 5. The van der Waals surface area contributed by atoms with Crippen molar-refractivity contribution in [3.63, 3.8) is 0 Å². The fourth-order valence-corrected chi connectivity index (χ4v) is 2.96. The number of anilines is 1. The van der Waals surface area contributed by atoms with E-state index in [4.69, 9.17) is 14.9 Å². The molecule has 6 nitrogen and oxygen atoms in total. The van der Waals surface area contributed by atoms with E-state index >= 15 is 0 Å². The standard InChI is InChI=1S/C18H23N3O3/c1-12-3-4-14(9-15(12)16-20-13(2)10-24-16)21-17(22)18(11-19)5-7-23-8-6-18/h3-4,9-10H,5-8,11,19H2,1-2H3,(H,21,22). The fourth-order valence-electron chi connectivity index (χ4n) is 2.96. The van der Waals surface area contributed by atoms with Crippen LogP contribution in [0.25, 0.3) is 11.5 Å². The topological polar surface area (TPSA) is 90.4 Å². The third-order valence-corrected chi connectivity index (χ3v) is 4.67. The Morgan fingerprint density at radius 1 is 1.33 bits per heavy atom. The van der Waals surface area contributed by atoms with Crippen molar-refractivity contribution in [1.82, 2.24) is 4.98 Å². The number of oxazole rings is 1. The highest BCUT2D eigenvalue weighted by atomic mass is 16.5. The summed E-state index contributed by atoms with van der Waals surface area (Å²) in [6, 6.07) is 5.72. The molecule has 1 fully saturated rings. The van der Waals surface area contributed by atoms with E-state index in [0.717, 1.165) is 22.5 Å². The van der Waals surface area contributed by atoms with Crippen molar-refractivity contribution in [1.29, 1.82) is 0 Å². The Kier molecular flexibility index (Phi) is 4.69. The number of rotatable bonds is 4. The number of aromatic nitrogens is 1. The van der Waals surface area contributed by atoms with Crippen molar-refractivity contribution in [2.45, 2.75) is 26.7 Å². The van der Waals surface area contributed by atoms with E-state index in [1.165, 1.54) is 0 Å². The van der Waals surface area contributed by atoms with Gasteiger partial charge in [0, 0.05) is 31.0 Å². The summed E-state index contributed by atoms with van der Waals surface area (Å²) in [6.07, 6.45) is 2.91. The molecule has 2 heterocycles. The van der Waals surface area contributed by atoms with Crippen LogP contribution in [0, 0.1) is 19.3 Å². The van der Waals surface area contributed by atoms with Crippen LogP contribution < -0.4 is 11.1 Å². The van der Waals surface area contributed by atoms with Crippen LogP contribution in [0.4, 0.5) is 5.69 Å². The smallest absolute Gasteiger partial charge is 0.232 e. The number of nitrogens with two attached hydrogens (primary N) is 1. The van der Waals surface area contributed by atoms with Gasteiger partial charge in [-0.25, -0.2) is 4.98 Å². The van der Waals surface area contributed by atoms with E-state index in [0.29, 0.717) is 38.5 Å². The van der Waals surface area contributed by atoms with Gasteiger partial charge in [0.1, 0.15) is 6.26 Å². The van der Waals surface area contributed by atoms with Gasteiger partial charge in [-0.3, -0.25) is 4.79 Å². The van der Waals surface area contributed by atoms with Crippen LogP contribution in [0.1, 0.15) is 24.1 Å². The Labute approximate surface area is 141 Å². The van der Waals surface area contributed by atoms with Crippen LogP contribution in [0.15, 0.2) is 28.9 Å².